The fourth-order valence-corrected chi connectivity index (χ4v) is 1.30. The van der Waals surface area contributed by atoms with E-state index in [-0.39, 0.29) is 11.9 Å². The highest BCUT2D eigenvalue weighted by molar-refractivity contribution is 5.75. The van der Waals surface area contributed by atoms with Gasteiger partial charge in [-0.1, -0.05) is 0 Å². The number of rotatable bonds is 6. The number of hydrogen-bond acceptors (Lipinski definition) is 4. The number of nitrogens with two attached hydrogens (primary N) is 1. The maximum absolute atomic E-state index is 11.4. The Balaban J connectivity index is 2.31. The molecule has 6 heteroatoms. The van der Waals surface area contributed by atoms with E-state index in [0.29, 0.717) is 19.4 Å². The van der Waals surface area contributed by atoms with Crippen LogP contribution in [0.5, 0.6) is 0 Å². The van der Waals surface area contributed by atoms with E-state index < -0.39 is 0 Å². The Morgan fingerprint density at radius 2 is 2.44 bits per heavy atom. The van der Waals surface area contributed by atoms with Crippen molar-refractivity contribution in [3.63, 3.8) is 0 Å². The molecule has 0 aromatic carbocycles. The highest BCUT2D eigenvalue weighted by atomic mass is 16.1. The van der Waals surface area contributed by atoms with E-state index in [2.05, 4.69) is 15.5 Å². The van der Waals surface area contributed by atoms with Crippen molar-refractivity contribution >= 4 is 5.91 Å². The summed E-state index contributed by atoms with van der Waals surface area (Å²) in [5, 5.41) is 10.5. The molecule has 1 rings (SSSR count). The highest BCUT2D eigenvalue weighted by Crippen LogP contribution is 1.96. The molecule has 1 aromatic heterocycles. The number of aromatic nitrogens is 3. The molecule has 1 unspecified atom stereocenters. The van der Waals surface area contributed by atoms with E-state index in [4.69, 9.17) is 5.73 Å². The van der Waals surface area contributed by atoms with Crippen molar-refractivity contribution in [2.45, 2.75) is 45.8 Å². The summed E-state index contributed by atoms with van der Waals surface area (Å²) >= 11 is 0. The molecular weight excluding hydrogens is 206 g/mol. The van der Waals surface area contributed by atoms with Gasteiger partial charge in [0.25, 0.3) is 0 Å². The minimum Gasteiger partial charge on any atom is -0.349 e. The third kappa shape index (κ3) is 3.98. The zero-order valence-corrected chi connectivity index (χ0v) is 9.81. The number of aryl methyl sites for hydroxylation is 1. The second kappa shape index (κ2) is 6.22. The Kier molecular flexibility index (Phi) is 4.91. The van der Waals surface area contributed by atoms with Crippen molar-refractivity contribution in [3.8, 4) is 0 Å². The Morgan fingerprint density at radius 1 is 1.69 bits per heavy atom. The third-order valence-corrected chi connectivity index (χ3v) is 2.31. The zero-order chi connectivity index (χ0) is 12.0. The Labute approximate surface area is 95.2 Å². The van der Waals surface area contributed by atoms with E-state index in [9.17, 15) is 4.79 Å². The summed E-state index contributed by atoms with van der Waals surface area (Å²) in [4.78, 5) is 11.4. The van der Waals surface area contributed by atoms with Gasteiger partial charge in [0.2, 0.25) is 5.91 Å². The summed E-state index contributed by atoms with van der Waals surface area (Å²) in [7, 11) is 0. The van der Waals surface area contributed by atoms with E-state index >= 15 is 0 Å². The van der Waals surface area contributed by atoms with Crippen molar-refractivity contribution in [1.29, 1.82) is 0 Å². The van der Waals surface area contributed by atoms with Crippen LogP contribution in [-0.4, -0.2) is 26.7 Å². The van der Waals surface area contributed by atoms with Gasteiger partial charge in [-0.2, -0.15) is 0 Å². The Hall–Kier alpha value is -1.43. The van der Waals surface area contributed by atoms with E-state index in [1.54, 1.807) is 6.33 Å². The van der Waals surface area contributed by atoms with Gasteiger partial charge in [-0.05, 0) is 20.3 Å². The number of amides is 1. The molecule has 0 fully saturated rings. The lowest BCUT2D eigenvalue weighted by Crippen LogP contribution is -2.26. The average Bonchev–Trinajstić information content (AvgIpc) is 2.70. The molecule has 0 aliphatic heterocycles. The first-order chi connectivity index (χ1) is 7.63. The molecule has 1 atom stereocenters. The first-order valence-electron chi connectivity index (χ1n) is 5.52. The summed E-state index contributed by atoms with van der Waals surface area (Å²) in [6.45, 7) is 5.12. The van der Waals surface area contributed by atoms with Gasteiger partial charge in [0.1, 0.15) is 6.33 Å². The Morgan fingerprint density at radius 3 is 3.06 bits per heavy atom. The predicted octanol–water partition coefficient (Wildman–Crippen LogP) is 0.0416. The molecule has 0 radical (unpaired) electrons. The third-order valence-electron chi connectivity index (χ3n) is 2.31. The van der Waals surface area contributed by atoms with Crippen LogP contribution in [0.4, 0.5) is 0 Å². The minimum atomic E-state index is 0.00273. The van der Waals surface area contributed by atoms with Crippen molar-refractivity contribution in [2.75, 3.05) is 0 Å². The van der Waals surface area contributed by atoms with Gasteiger partial charge >= 0.3 is 0 Å². The van der Waals surface area contributed by atoms with Gasteiger partial charge in [-0.3, -0.25) is 4.79 Å². The molecule has 0 saturated heterocycles. The SMILES string of the molecule is CCn1cnnc1CNC(=O)CCC(C)N. The van der Waals surface area contributed by atoms with Gasteiger partial charge < -0.3 is 15.6 Å². The molecule has 16 heavy (non-hydrogen) atoms. The summed E-state index contributed by atoms with van der Waals surface area (Å²) in [6, 6.07) is 0.0602. The van der Waals surface area contributed by atoms with E-state index in [0.717, 1.165) is 12.4 Å². The topological polar surface area (TPSA) is 85.8 Å². The molecule has 1 amide bonds. The molecular formula is C10H19N5O. The average molecular weight is 225 g/mol. The lowest BCUT2D eigenvalue weighted by Gasteiger charge is -2.07. The maximum atomic E-state index is 11.4. The second-order valence-corrected chi connectivity index (χ2v) is 3.83. The number of hydrogen-bond donors (Lipinski definition) is 2. The number of carbonyl (C=O) groups excluding carboxylic acids is 1. The van der Waals surface area contributed by atoms with Gasteiger partial charge in [0.15, 0.2) is 5.82 Å². The van der Waals surface area contributed by atoms with Crippen LogP contribution in [0.3, 0.4) is 0 Å². The van der Waals surface area contributed by atoms with Crippen molar-refractivity contribution in [2.24, 2.45) is 5.73 Å². The second-order valence-electron chi connectivity index (χ2n) is 3.83. The van der Waals surface area contributed by atoms with Gasteiger partial charge in [-0.25, -0.2) is 0 Å². The molecule has 1 heterocycles. The van der Waals surface area contributed by atoms with Gasteiger partial charge in [-0.15, -0.1) is 10.2 Å². The van der Waals surface area contributed by atoms with Crippen LogP contribution in [0.25, 0.3) is 0 Å². The lowest BCUT2D eigenvalue weighted by molar-refractivity contribution is -0.121. The summed E-state index contributed by atoms with van der Waals surface area (Å²) in [5.74, 6) is 0.777. The van der Waals surface area contributed by atoms with E-state index in [1.165, 1.54) is 0 Å². The standard InChI is InChI=1S/C10H19N5O/c1-3-15-7-13-14-9(15)6-12-10(16)5-4-8(2)11/h7-8H,3-6,11H2,1-2H3,(H,12,16). The molecule has 0 saturated carbocycles. The molecule has 0 aliphatic rings. The number of nitrogens with zero attached hydrogens (tertiary/aromatic N) is 3. The number of carbonyl (C=O) groups is 1. The van der Waals surface area contributed by atoms with Crippen molar-refractivity contribution in [3.05, 3.63) is 12.2 Å². The fraction of sp³-hybridized carbons (Fsp3) is 0.700. The first-order valence-corrected chi connectivity index (χ1v) is 5.52. The van der Waals surface area contributed by atoms with Crippen LogP contribution in [0, 0.1) is 0 Å². The molecule has 0 bridgehead atoms. The zero-order valence-electron chi connectivity index (χ0n) is 9.81. The summed E-state index contributed by atoms with van der Waals surface area (Å²) in [6.07, 6.45) is 2.81. The molecule has 90 valence electrons. The molecule has 0 spiro atoms. The van der Waals surface area contributed by atoms with Crippen LogP contribution in [-0.2, 0) is 17.9 Å². The van der Waals surface area contributed by atoms with Crippen LogP contribution in [0.1, 0.15) is 32.5 Å². The maximum Gasteiger partial charge on any atom is 0.220 e. The largest absolute Gasteiger partial charge is 0.349 e. The minimum absolute atomic E-state index is 0.00273. The molecule has 3 N–H and O–H groups in total. The van der Waals surface area contributed by atoms with Gasteiger partial charge in [0, 0.05) is 19.0 Å². The lowest BCUT2D eigenvalue weighted by atomic mass is 10.2. The van der Waals surface area contributed by atoms with Crippen LogP contribution in [0.15, 0.2) is 6.33 Å². The van der Waals surface area contributed by atoms with Crippen LogP contribution in [0.2, 0.25) is 0 Å². The Bertz CT molecular complexity index is 334. The molecule has 0 aliphatic carbocycles. The van der Waals surface area contributed by atoms with Crippen LogP contribution >= 0.6 is 0 Å². The van der Waals surface area contributed by atoms with Crippen LogP contribution < -0.4 is 11.1 Å². The monoisotopic (exact) mass is 225 g/mol. The number of nitrogens with one attached hydrogen (secondary N) is 1. The fourth-order valence-electron chi connectivity index (χ4n) is 1.30. The quantitative estimate of drug-likeness (QED) is 0.716. The summed E-state index contributed by atoms with van der Waals surface area (Å²) in [5.41, 5.74) is 5.57. The first kappa shape index (κ1) is 12.6. The highest BCUT2D eigenvalue weighted by Gasteiger charge is 2.06. The molecule has 6 nitrogen and oxygen atoms in total. The predicted molar refractivity (Wildman–Crippen MR) is 60.4 cm³/mol. The normalized spacial score (nSPS) is 12.4. The molecule has 1 aromatic rings. The summed E-state index contributed by atoms with van der Waals surface area (Å²) < 4.78 is 1.89. The van der Waals surface area contributed by atoms with Gasteiger partial charge in [0.05, 0.1) is 6.54 Å². The van der Waals surface area contributed by atoms with Crippen molar-refractivity contribution < 1.29 is 4.79 Å². The van der Waals surface area contributed by atoms with E-state index in [1.807, 2.05) is 18.4 Å². The smallest absolute Gasteiger partial charge is 0.220 e. The van der Waals surface area contributed by atoms with Crippen molar-refractivity contribution in [1.82, 2.24) is 20.1 Å².